The molecule has 19 heavy (non-hydrogen) atoms. The van der Waals surface area contributed by atoms with Crippen molar-refractivity contribution in [2.75, 3.05) is 0 Å². The van der Waals surface area contributed by atoms with E-state index in [9.17, 15) is 4.79 Å². The topological polar surface area (TPSA) is 87.7 Å². The van der Waals surface area contributed by atoms with Crippen molar-refractivity contribution < 1.29 is 10.0 Å². The maximum Gasteiger partial charge on any atom is 0.223 e. The van der Waals surface area contributed by atoms with E-state index in [0.29, 0.717) is 12.3 Å². The number of amides is 1. The molecule has 1 aliphatic carbocycles. The summed E-state index contributed by atoms with van der Waals surface area (Å²) in [4.78, 5) is 12.0. The van der Waals surface area contributed by atoms with Crippen LogP contribution in [0.25, 0.3) is 0 Å². The molecule has 5 nitrogen and oxygen atoms in total. The lowest BCUT2D eigenvalue weighted by Gasteiger charge is -2.12. The average Bonchev–Trinajstić information content (AvgIpc) is 3.19. The van der Waals surface area contributed by atoms with Crippen LogP contribution in [-0.4, -0.2) is 23.0 Å². The van der Waals surface area contributed by atoms with Crippen molar-refractivity contribution in [3.05, 3.63) is 35.9 Å². The van der Waals surface area contributed by atoms with Crippen LogP contribution >= 0.6 is 0 Å². The van der Waals surface area contributed by atoms with Gasteiger partial charge >= 0.3 is 0 Å². The predicted octanol–water partition coefficient (Wildman–Crippen LogP) is 1.43. The minimum atomic E-state index is -0.125. The molecule has 0 saturated heterocycles. The van der Waals surface area contributed by atoms with Crippen molar-refractivity contribution in [3.8, 4) is 0 Å². The molecule has 1 aliphatic rings. The molecule has 1 aromatic rings. The number of nitrogens with two attached hydrogens (primary N) is 1. The Bertz CT molecular complexity index is 473. The molecule has 0 heterocycles. The Balaban J connectivity index is 1.83. The van der Waals surface area contributed by atoms with E-state index in [1.54, 1.807) is 0 Å². The van der Waals surface area contributed by atoms with E-state index in [4.69, 9.17) is 10.9 Å². The zero-order chi connectivity index (χ0) is 13.8. The van der Waals surface area contributed by atoms with Crippen molar-refractivity contribution in [3.63, 3.8) is 0 Å². The first-order valence-electron chi connectivity index (χ1n) is 6.43. The van der Waals surface area contributed by atoms with Gasteiger partial charge < -0.3 is 16.3 Å². The minimum absolute atomic E-state index is 0.0482. The number of nitrogens with zero attached hydrogens (tertiary/aromatic N) is 1. The van der Waals surface area contributed by atoms with Gasteiger partial charge in [-0.15, -0.1) is 0 Å². The van der Waals surface area contributed by atoms with E-state index in [2.05, 4.69) is 22.6 Å². The molecule has 102 valence electrons. The van der Waals surface area contributed by atoms with E-state index in [1.807, 2.05) is 25.1 Å². The predicted molar refractivity (Wildman–Crippen MR) is 72.9 cm³/mol. The van der Waals surface area contributed by atoms with E-state index in [-0.39, 0.29) is 23.7 Å². The fraction of sp³-hybridized carbons (Fsp3) is 0.429. The number of oxime groups is 1. The van der Waals surface area contributed by atoms with Gasteiger partial charge in [0.15, 0.2) is 0 Å². The van der Waals surface area contributed by atoms with Crippen LogP contribution in [0, 0.1) is 5.92 Å². The van der Waals surface area contributed by atoms with Gasteiger partial charge in [0.1, 0.15) is 5.84 Å². The number of hydrogen-bond donors (Lipinski definition) is 3. The van der Waals surface area contributed by atoms with Crippen molar-refractivity contribution in [1.82, 2.24) is 5.32 Å². The number of rotatable bonds is 5. The second-order valence-corrected chi connectivity index (χ2v) is 5.06. The van der Waals surface area contributed by atoms with Crippen LogP contribution < -0.4 is 11.1 Å². The van der Waals surface area contributed by atoms with Crippen LogP contribution in [0.5, 0.6) is 0 Å². The average molecular weight is 261 g/mol. The molecule has 2 rings (SSSR count). The molecule has 1 saturated carbocycles. The van der Waals surface area contributed by atoms with Crippen LogP contribution in [0.2, 0.25) is 0 Å². The van der Waals surface area contributed by atoms with Crippen LogP contribution in [0.4, 0.5) is 0 Å². The molecule has 1 aromatic carbocycles. The molecule has 0 radical (unpaired) electrons. The van der Waals surface area contributed by atoms with E-state index in [1.165, 1.54) is 5.56 Å². The first-order valence-corrected chi connectivity index (χ1v) is 6.43. The first kappa shape index (κ1) is 13.4. The highest BCUT2D eigenvalue weighted by Crippen LogP contribution is 2.47. The highest BCUT2D eigenvalue weighted by atomic mass is 16.4. The lowest BCUT2D eigenvalue weighted by atomic mass is 10.1. The van der Waals surface area contributed by atoms with Gasteiger partial charge in [0.05, 0.1) is 0 Å². The summed E-state index contributed by atoms with van der Waals surface area (Å²) >= 11 is 0. The van der Waals surface area contributed by atoms with Gasteiger partial charge in [0.2, 0.25) is 5.91 Å². The summed E-state index contributed by atoms with van der Waals surface area (Å²) in [6.45, 7) is 1.84. The number of benzene rings is 1. The lowest BCUT2D eigenvalue weighted by molar-refractivity contribution is -0.122. The fourth-order valence-electron chi connectivity index (χ4n) is 2.31. The Morgan fingerprint density at radius 2 is 2.21 bits per heavy atom. The summed E-state index contributed by atoms with van der Waals surface area (Å²) in [7, 11) is 0. The Kier molecular flexibility index (Phi) is 4.04. The Labute approximate surface area is 112 Å². The normalized spacial score (nSPS) is 23.7. The van der Waals surface area contributed by atoms with Gasteiger partial charge in [-0.3, -0.25) is 4.79 Å². The molecule has 0 aromatic heterocycles. The first-order chi connectivity index (χ1) is 9.11. The molecule has 0 spiro atoms. The lowest BCUT2D eigenvalue weighted by Crippen LogP contribution is -2.36. The Morgan fingerprint density at radius 1 is 1.53 bits per heavy atom. The molecule has 0 aliphatic heterocycles. The molecule has 0 bridgehead atoms. The molecule has 3 unspecified atom stereocenters. The van der Waals surface area contributed by atoms with Crippen LogP contribution in [0.15, 0.2) is 35.5 Å². The third kappa shape index (κ3) is 3.47. The molecule has 1 fully saturated rings. The number of hydrogen-bond acceptors (Lipinski definition) is 3. The van der Waals surface area contributed by atoms with Gasteiger partial charge in [-0.2, -0.15) is 0 Å². The zero-order valence-electron chi connectivity index (χ0n) is 10.9. The van der Waals surface area contributed by atoms with Gasteiger partial charge in [0, 0.05) is 18.4 Å². The SMILES string of the molecule is CC(C/C(N)=N/O)NC(=O)C1CC1c1ccccc1. The third-order valence-corrected chi connectivity index (χ3v) is 3.39. The molecule has 4 N–H and O–H groups in total. The number of carbonyl (C=O) groups excluding carboxylic acids is 1. The second kappa shape index (κ2) is 5.73. The highest BCUT2D eigenvalue weighted by Gasteiger charge is 2.43. The largest absolute Gasteiger partial charge is 0.409 e. The molecule has 1 amide bonds. The number of amidine groups is 1. The van der Waals surface area contributed by atoms with E-state index in [0.717, 1.165) is 6.42 Å². The van der Waals surface area contributed by atoms with E-state index >= 15 is 0 Å². The van der Waals surface area contributed by atoms with Gasteiger partial charge in [0.25, 0.3) is 0 Å². The van der Waals surface area contributed by atoms with Crippen molar-refractivity contribution in [2.45, 2.75) is 31.7 Å². The maximum atomic E-state index is 12.0. The molecular weight excluding hydrogens is 242 g/mol. The summed E-state index contributed by atoms with van der Waals surface area (Å²) in [6, 6.07) is 9.93. The fourth-order valence-corrected chi connectivity index (χ4v) is 2.31. The van der Waals surface area contributed by atoms with Crippen LogP contribution in [0.3, 0.4) is 0 Å². The summed E-state index contributed by atoms with van der Waals surface area (Å²) in [5.74, 6) is 0.560. The Morgan fingerprint density at radius 3 is 2.84 bits per heavy atom. The minimum Gasteiger partial charge on any atom is -0.409 e. The zero-order valence-corrected chi connectivity index (χ0v) is 10.9. The summed E-state index contributed by atoms with van der Waals surface area (Å²) in [6.07, 6.45) is 1.25. The standard InChI is InChI=1S/C14H19N3O2/c1-9(7-13(15)17-19)16-14(18)12-8-11(12)10-5-3-2-4-6-10/h2-6,9,11-12,19H,7-8H2,1H3,(H2,15,17)(H,16,18). The Hall–Kier alpha value is -2.04. The van der Waals surface area contributed by atoms with Gasteiger partial charge in [-0.05, 0) is 24.8 Å². The quantitative estimate of drug-likeness (QED) is 0.324. The van der Waals surface area contributed by atoms with Crippen molar-refractivity contribution >= 4 is 11.7 Å². The monoisotopic (exact) mass is 261 g/mol. The second-order valence-electron chi connectivity index (χ2n) is 5.06. The van der Waals surface area contributed by atoms with Crippen LogP contribution in [-0.2, 0) is 4.79 Å². The summed E-state index contributed by atoms with van der Waals surface area (Å²) < 4.78 is 0. The van der Waals surface area contributed by atoms with Crippen LogP contribution in [0.1, 0.15) is 31.2 Å². The number of nitrogens with one attached hydrogen (secondary N) is 1. The van der Waals surface area contributed by atoms with Gasteiger partial charge in [-0.1, -0.05) is 35.5 Å². The smallest absolute Gasteiger partial charge is 0.223 e. The molecule has 5 heteroatoms. The van der Waals surface area contributed by atoms with E-state index < -0.39 is 0 Å². The van der Waals surface area contributed by atoms with Gasteiger partial charge in [-0.25, -0.2) is 0 Å². The molecule has 3 atom stereocenters. The highest BCUT2D eigenvalue weighted by molar-refractivity contribution is 5.85. The number of carbonyl (C=O) groups is 1. The summed E-state index contributed by atoms with van der Waals surface area (Å²) in [5, 5.41) is 14.3. The maximum absolute atomic E-state index is 12.0. The van der Waals surface area contributed by atoms with Crippen molar-refractivity contribution in [1.29, 1.82) is 0 Å². The third-order valence-electron chi connectivity index (χ3n) is 3.39. The summed E-state index contributed by atoms with van der Waals surface area (Å²) in [5.41, 5.74) is 6.62. The molecular formula is C14H19N3O2. The van der Waals surface area contributed by atoms with Crippen molar-refractivity contribution in [2.24, 2.45) is 16.8 Å².